The Balaban J connectivity index is 1.66. The maximum atomic E-state index is 13.8. The van der Waals surface area contributed by atoms with Gasteiger partial charge < -0.3 is 24.8 Å². The molecule has 1 aromatic rings. The summed E-state index contributed by atoms with van der Waals surface area (Å²) in [6, 6.07) is 4.24. The zero-order valence-electron chi connectivity index (χ0n) is 15.1. The molecule has 144 valence electrons. The van der Waals surface area contributed by atoms with E-state index in [0.717, 1.165) is 5.69 Å². The van der Waals surface area contributed by atoms with Gasteiger partial charge in [-0.15, -0.1) is 0 Å². The lowest BCUT2D eigenvalue weighted by molar-refractivity contribution is 0.000936. The minimum atomic E-state index is -0.492. The highest BCUT2D eigenvalue weighted by Gasteiger charge is 2.24. The number of anilines is 1. The number of hydrogen-bond acceptors (Lipinski definition) is 5. The van der Waals surface area contributed by atoms with Crippen LogP contribution in [0.25, 0.3) is 0 Å². The number of hydrogen-bond donors (Lipinski definition) is 2. The Hall–Kier alpha value is -1.86. The average Bonchev–Trinajstić information content (AvgIpc) is 2.63. The molecular weight excluding hydrogens is 339 g/mol. The number of carbonyl (C=O) groups excluding carboxylic acids is 1. The number of carbonyl (C=O) groups is 1. The lowest BCUT2D eigenvalue weighted by atomic mass is 10.0. The third-order valence-corrected chi connectivity index (χ3v) is 5.04. The molecule has 1 amide bonds. The van der Waals surface area contributed by atoms with Crippen molar-refractivity contribution in [3.8, 4) is 0 Å². The third kappa shape index (κ3) is 4.86. The molecule has 0 aliphatic carbocycles. The van der Waals surface area contributed by atoms with Crippen molar-refractivity contribution in [3.63, 3.8) is 0 Å². The van der Waals surface area contributed by atoms with Gasteiger partial charge in [0.15, 0.2) is 0 Å². The minimum absolute atomic E-state index is 0.133. The summed E-state index contributed by atoms with van der Waals surface area (Å²) >= 11 is 0. The second-order valence-corrected chi connectivity index (χ2v) is 7.00. The number of amides is 1. The van der Waals surface area contributed by atoms with Gasteiger partial charge in [-0.2, -0.15) is 0 Å². The Morgan fingerprint density at radius 1 is 1.31 bits per heavy atom. The van der Waals surface area contributed by atoms with Crippen molar-refractivity contribution in [2.75, 3.05) is 31.2 Å². The summed E-state index contributed by atoms with van der Waals surface area (Å²) in [5, 5.41) is 12.5. The van der Waals surface area contributed by atoms with Crippen LogP contribution < -0.4 is 10.2 Å². The summed E-state index contributed by atoms with van der Waals surface area (Å²) < 4.78 is 24.5. The number of piperidine rings is 1. The number of rotatable bonds is 4. The van der Waals surface area contributed by atoms with Gasteiger partial charge in [-0.1, -0.05) is 0 Å². The zero-order chi connectivity index (χ0) is 18.5. The molecule has 2 aliphatic rings. The number of aliphatic hydroxyl groups excluding tert-OH is 1. The Bertz CT molecular complexity index is 614. The lowest BCUT2D eigenvalue weighted by Crippen LogP contribution is -2.38. The van der Waals surface area contributed by atoms with Gasteiger partial charge in [-0.25, -0.2) is 9.18 Å². The highest BCUT2D eigenvalue weighted by molar-refractivity contribution is 5.69. The quantitative estimate of drug-likeness (QED) is 0.857. The van der Waals surface area contributed by atoms with E-state index >= 15 is 0 Å². The second-order valence-electron chi connectivity index (χ2n) is 7.00. The van der Waals surface area contributed by atoms with E-state index in [9.17, 15) is 14.3 Å². The predicted octanol–water partition coefficient (Wildman–Crippen LogP) is 2.75. The van der Waals surface area contributed by atoms with Crippen LogP contribution in [0.3, 0.4) is 0 Å². The SMILES string of the molecule is CC(NC(=O)OC1CCOCC1)c1cc(F)ccc1N1CCC(O)CC1. The van der Waals surface area contributed by atoms with Gasteiger partial charge in [0.2, 0.25) is 0 Å². The van der Waals surface area contributed by atoms with Gasteiger partial charge in [0, 0.05) is 37.2 Å². The van der Waals surface area contributed by atoms with Gasteiger partial charge in [0.25, 0.3) is 0 Å². The average molecular weight is 366 g/mol. The fourth-order valence-electron chi connectivity index (χ4n) is 3.50. The molecule has 2 saturated heterocycles. The molecule has 2 heterocycles. The molecular formula is C19H27FN2O4. The van der Waals surface area contributed by atoms with Crippen LogP contribution in [0, 0.1) is 5.82 Å². The van der Waals surface area contributed by atoms with Crippen LogP contribution in [0.15, 0.2) is 18.2 Å². The maximum absolute atomic E-state index is 13.8. The molecule has 1 atom stereocenters. The number of nitrogens with one attached hydrogen (secondary N) is 1. The van der Waals surface area contributed by atoms with Crippen LogP contribution in [0.2, 0.25) is 0 Å². The predicted molar refractivity (Wildman–Crippen MR) is 95.7 cm³/mol. The number of aliphatic hydroxyl groups is 1. The van der Waals surface area contributed by atoms with Crippen LogP contribution >= 0.6 is 0 Å². The Labute approximate surface area is 153 Å². The number of ether oxygens (including phenoxy) is 2. The normalized spacial score (nSPS) is 20.7. The molecule has 2 N–H and O–H groups in total. The van der Waals surface area contributed by atoms with E-state index in [4.69, 9.17) is 9.47 Å². The van der Waals surface area contributed by atoms with Crippen molar-refractivity contribution < 1.29 is 23.8 Å². The van der Waals surface area contributed by atoms with Crippen LogP contribution in [0.4, 0.5) is 14.9 Å². The van der Waals surface area contributed by atoms with Crippen molar-refractivity contribution in [1.29, 1.82) is 0 Å². The molecule has 2 fully saturated rings. The minimum Gasteiger partial charge on any atom is -0.446 e. The Morgan fingerprint density at radius 3 is 2.69 bits per heavy atom. The molecule has 2 aliphatic heterocycles. The van der Waals surface area contributed by atoms with Gasteiger partial charge in [-0.05, 0) is 38.0 Å². The number of alkyl carbamates (subject to hydrolysis) is 1. The van der Waals surface area contributed by atoms with Crippen LogP contribution in [-0.4, -0.2) is 49.7 Å². The first-order valence-corrected chi connectivity index (χ1v) is 9.30. The third-order valence-electron chi connectivity index (χ3n) is 5.04. The van der Waals surface area contributed by atoms with Crippen molar-refractivity contribution in [3.05, 3.63) is 29.6 Å². The molecule has 0 spiro atoms. The lowest BCUT2D eigenvalue weighted by Gasteiger charge is -2.34. The molecule has 0 saturated carbocycles. The molecule has 1 aromatic carbocycles. The van der Waals surface area contributed by atoms with E-state index in [-0.39, 0.29) is 24.1 Å². The van der Waals surface area contributed by atoms with Crippen molar-refractivity contribution >= 4 is 11.8 Å². The van der Waals surface area contributed by atoms with E-state index < -0.39 is 6.09 Å². The second kappa shape index (κ2) is 8.68. The topological polar surface area (TPSA) is 71.0 Å². The Kier molecular flexibility index (Phi) is 6.32. The standard InChI is InChI=1S/C19H27FN2O4/c1-13(21-19(24)26-16-6-10-25-11-7-16)17-12-14(20)2-3-18(17)22-8-4-15(23)5-9-22/h2-3,12-13,15-16,23H,4-11H2,1H3,(H,21,24). The summed E-state index contributed by atoms with van der Waals surface area (Å²) in [5.74, 6) is -0.341. The highest BCUT2D eigenvalue weighted by Crippen LogP contribution is 2.30. The highest BCUT2D eigenvalue weighted by atomic mass is 19.1. The largest absolute Gasteiger partial charge is 0.446 e. The summed E-state index contributed by atoms with van der Waals surface area (Å²) in [6.07, 6.45) is 1.86. The van der Waals surface area contributed by atoms with Crippen LogP contribution in [-0.2, 0) is 9.47 Å². The van der Waals surface area contributed by atoms with Crippen LogP contribution in [0.5, 0.6) is 0 Å². The first-order valence-electron chi connectivity index (χ1n) is 9.30. The van der Waals surface area contributed by atoms with Gasteiger partial charge in [0.05, 0.1) is 25.4 Å². The van der Waals surface area contributed by atoms with Gasteiger partial charge >= 0.3 is 6.09 Å². The van der Waals surface area contributed by atoms with Crippen molar-refractivity contribution in [2.45, 2.75) is 50.9 Å². The number of halogens is 1. The van der Waals surface area contributed by atoms with Gasteiger partial charge in [0.1, 0.15) is 11.9 Å². The van der Waals surface area contributed by atoms with Crippen molar-refractivity contribution in [1.82, 2.24) is 5.32 Å². The summed E-state index contributed by atoms with van der Waals surface area (Å²) in [5.41, 5.74) is 1.60. The van der Waals surface area contributed by atoms with E-state index in [2.05, 4.69) is 10.2 Å². The monoisotopic (exact) mass is 366 g/mol. The summed E-state index contributed by atoms with van der Waals surface area (Å²) in [7, 11) is 0. The molecule has 6 nitrogen and oxygen atoms in total. The molecule has 26 heavy (non-hydrogen) atoms. The molecule has 0 radical (unpaired) electrons. The smallest absolute Gasteiger partial charge is 0.407 e. The molecule has 1 unspecified atom stereocenters. The van der Waals surface area contributed by atoms with E-state index in [1.807, 2.05) is 6.92 Å². The fraction of sp³-hybridized carbons (Fsp3) is 0.632. The first-order chi connectivity index (χ1) is 12.5. The maximum Gasteiger partial charge on any atom is 0.407 e. The fourth-order valence-corrected chi connectivity index (χ4v) is 3.50. The zero-order valence-corrected chi connectivity index (χ0v) is 15.1. The summed E-state index contributed by atoms with van der Waals surface area (Å²) in [6.45, 7) is 4.44. The van der Waals surface area contributed by atoms with Crippen LogP contribution in [0.1, 0.15) is 44.2 Å². The Morgan fingerprint density at radius 2 is 2.00 bits per heavy atom. The molecule has 3 rings (SSSR count). The number of benzene rings is 1. The molecule has 7 heteroatoms. The number of nitrogens with zero attached hydrogens (tertiary/aromatic N) is 1. The molecule has 0 aromatic heterocycles. The summed E-state index contributed by atoms with van der Waals surface area (Å²) in [4.78, 5) is 14.3. The van der Waals surface area contributed by atoms with Crippen molar-refractivity contribution in [2.24, 2.45) is 0 Å². The van der Waals surface area contributed by atoms with E-state index in [1.165, 1.54) is 12.1 Å². The van der Waals surface area contributed by atoms with E-state index in [1.54, 1.807) is 6.07 Å². The first kappa shape index (κ1) is 18.9. The van der Waals surface area contributed by atoms with Gasteiger partial charge in [-0.3, -0.25) is 0 Å². The van der Waals surface area contributed by atoms with E-state index in [0.29, 0.717) is 57.6 Å². The molecule has 0 bridgehead atoms.